The molecule has 0 unspecified atom stereocenters. The van der Waals surface area contributed by atoms with Gasteiger partial charge in [0.2, 0.25) is 0 Å². The molecule has 10 heavy (non-hydrogen) atoms. The minimum atomic E-state index is -1.09. The largest absolute Gasteiger partial charge is 0.389 e. The molecule has 0 rings (SSSR count). The van der Waals surface area contributed by atoms with E-state index >= 15 is 0 Å². The zero-order valence-electron chi connectivity index (χ0n) is 6.04. The van der Waals surface area contributed by atoms with Crippen molar-refractivity contribution in [2.45, 2.75) is 31.8 Å². The van der Waals surface area contributed by atoms with E-state index in [-0.39, 0.29) is 12.8 Å². The number of carbonyl (C=O) groups excluding carboxylic acids is 2. The summed E-state index contributed by atoms with van der Waals surface area (Å²) in [6.45, 7) is 1.74. The molecule has 0 aromatic rings. The third-order valence-electron chi connectivity index (χ3n) is 1.58. The average Bonchev–Trinajstić information content (AvgIpc) is 1.89. The minimum absolute atomic E-state index is 0.0439. The molecule has 0 amide bonds. The molecule has 0 saturated carbocycles. The summed E-state index contributed by atoms with van der Waals surface area (Å²) in [4.78, 5) is 20.0. The van der Waals surface area contributed by atoms with Crippen LogP contribution in [0.2, 0.25) is 0 Å². The molecule has 0 aliphatic rings. The molecule has 0 radical (unpaired) electrons. The predicted molar refractivity (Wildman–Crippen MR) is 36.6 cm³/mol. The lowest BCUT2D eigenvalue weighted by Gasteiger charge is -2.20. The van der Waals surface area contributed by atoms with E-state index in [0.29, 0.717) is 19.0 Å². The second-order valence-electron chi connectivity index (χ2n) is 2.32. The summed E-state index contributed by atoms with van der Waals surface area (Å²) in [7, 11) is 0. The molecule has 0 spiro atoms. The van der Waals surface area contributed by atoms with Crippen molar-refractivity contribution in [3.05, 3.63) is 0 Å². The maximum Gasteiger partial charge on any atom is 0.122 e. The Kier molecular flexibility index (Phi) is 3.88. The zero-order chi connectivity index (χ0) is 8.04. The van der Waals surface area contributed by atoms with Crippen molar-refractivity contribution in [2.75, 3.05) is 0 Å². The van der Waals surface area contributed by atoms with Crippen LogP contribution in [0.1, 0.15) is 26.2 Å². The van der Waals surface area contributed by atoms with Gasteiger partial charge in [-0.1, -0.05) is 6.92 Å². The molecule has 1 N–H and O–H groups in total. The van der Waals surface area contributed by atoms with E-state index in [0.717, 1.165) is 0 Å². The van der Waals surface area contributed by atoms with Crippen LogP contribution in [0, 0.1) is 0 Å². The summed E-state index contributed by atoms with van der Waals surface area (Å²) in [6, 6.07) is 0. The molecule has 0 saturated heterocycles. The summed E-state index contributed by atoms with van der Waals surface area (Å²) in [5, 5.41) is 9.36. The number of carbonyl (C=O) groups is 2. The molecule has 0 aromatic heterocycles. The van der Waals surface area contributed by atoms with Crippen LogP contribution >= 0.6 is 0 Å². The Morgan fingerprint density at radius 1 is 1.30 bits per heavy atom. The fourth-order valence-electron chi connectivity index (χ4n) is 0.682. The molecule has 0 aliphatic heterocycles. The topological polar surface area (TPSA) is 54.4 Å². The van der Waals surface area contributed by atoms with Crippen molar-refractivity contribution in [2.24, 2.45) is 0 Å². The standard InChI is InChI=1S/C7H12O3/c1-2-7(10,3-5-8)4-6-9/h5-6,10H,2-4H2,1H3. The van der Waals surface area contributed by atoms with Gasteiger partial charge in [0, 0.05) is 12.8 Å². The number of aliphatic hydroxyl groups is 1. The van der Waals surface area contributed by atoms with E-state index in [1.165, 1.54) is 0 Å². The minimum Gasteiger partial charge on any atom is -0.389 e. The highest BCUT2D eigenvalue weighted by Crippen LogP contribution is 2.16. The van der Waals surface area contributed by atoms with Crippen LogP contribution in [-0.2, 0) is 9.59 Å². The maximum absolute atomic E-state index is 9.98. The van der Waals surface area contributed by atoms with E-state index in [1.807, 2.05) is 0 Å². The highest BCUT2D eigenvalue weighted by atomic mass is 16.3. The van der Waals surface area contributed by atoms with Gasteiger partial charge in [0.1, 0.15) is 12.6 Å². The second-order valence-corrected chi connectivity index (χ2v) is 2.32. The van der Waals surface area contributed by atoms with Crippen molar-refractivity contribution in [3.63, 3.8) is 0 Å². The van der Waals surface area contributed by atoms with Crippen molar-refractivity contribution in [1.82, 2.24) is 0 Å². The van der Waals surface area contributed by atoms with E-state index in [9.17, 15) is 14.7 Å². The van der Waals surface area contributed by atoms with Gasteiger partial charge in [-0.25, -0.2) is 0 Å². The van der Waals surface area contributed by atoms with Crippen LogP contribution in [-0.4, -0.2) is 23.3 Å². The van der Waals surface area contributed by atoms with Crippen LogP contribution in [0.5, 0.6) is 0 Å². The first kappa shape index (κ1) is 9.30. The van der Waals surface area contributed by atoms with Gasteiger partial charge >= 0.3 is 0 Å². The molecular formula is C7H12O3. The van der Waals surface area contributed by atoms with Gasteiger partial charge in [-0.3, -0.25) is 0 Å². The molecule has 0 aliphatic carbocycles. The Labute approximate surface area is 60.0 Å². The Balaban J connectivity index is 3.92. The highest BCUT2D eigenvalue weighted by molar-refractivity contribution is 5.56. The van der Waals surface area contributed by atoms with Gasteiger partial charge in [-0.05, 0) is 6.42 Å². The van der Waals surface area contributed by atoms with Crippen LogP contribution in [0.25, 0.3) is 0 Å². The van der Waals surface area contributed by atoms with Crippen molar-refractivity contribution < 1.29 is 14.7 Å². The van der Waals surface area contributed by atoms with Crippen molar-refractivity contribution >= 4 is 12.6 Å². The fourth-order valence-corrected chi connectivity index (χ4v) is 0.682. The second kappa shape index (κ2) is 4.17. The van der Waals surface area contributed by atoms with Gasteiger partial charge in [-0.2, -0.15) is 0 Å². The van der Waals surface area contributed by atoms with Crippen LogP contribution < -0.4 is 0 Å². The molecule has 3 nitrogen and oxygen atoms in total. The van der Waals surface area contributed by atoms with E-state index in [1.54, 1.807) is 6.92 Å². The molecule has 3 heteroatoms. The van der Waals surface area contributed by atoms with Gasteiger partial charge in [0.25, 0.3) is 0 Å². The number of hydrogen-bond acceptors (Lipinski definition) is 3. The number of aldehydes is 2. The van der Waals surface area contributed by atoms with Crippen LogP contribution in [0.15, 0.2) is 0 Å². The summed E-state index contributed by atoms with van der Waals surface area (Å²) >= 11 is 0. The van der Waals surface area contributed by atoms with Gasteiger partial charge < -0.3 is 14.7 Å². The van der Waals surface area contributed by atoms with Gasteiger partial charge in [0.15, 0.2) is 0 Å². The van der Waals surface area contributed by atoms with Gasteiger partial charge in [0.05, 0.1) is 5.60 Å². The number of hydrogen-bond donors (Lipinski definition) is 1. The summed E-state index contributed by atoms with van der Waals surface area (Å²) in [5.41, 5.74) is -1.09. The summed E-state index contributed by atoms with van der Waals surface area (Å²) in [5.74, 6) is 0. The monoisotopic (exact) mass is 144 g/mol. The fraction of sp³-hybridized carbons (Fsp3) is 0.714. The van der Waals surface area contributed by atoms with Crippen LogP contribution in [0.3, 0.4) is 0 Å². The Hall–Kier alpha value is -0.700. The third-order valence-corrected chi connectivity index (χ3v) is 1.58. The Bertz CT molecular complexity index is 110. The first-order valence-corrected chi connectivity index (χ1v) is 3.28. The zero-order valence-corrected chi connectivity index (χ0v) is 6.04. The molecule has 0 heterocycles. The highest BCUT2D eigenvalue weighted by Gasteiger charge is 2.22. The Morgan fingerprint density at radius 3 is 1.90 bits per heavy atom. The smallest absolute Gasteiger partial charge is 0.122 e. The van der Waals surface area contributed by atoms with Crippen molar-refractivity contribution in [1.29, 1.82) is 0 Å². The predicted octanol–water partition coefficient (Wildman–Crippen LogP) is 0.305. The number of rotatable bonds is 5. The van der Waals surface area contributed by atoms with Crippen molar-refractivity contribution in [3.8, 4) is 0 Å². The lowest BCUT2D eigenvalue weighted by atomic mass is 9.94. The molecule has 58 valence electrons. The maximum atomic E-state index is 9.98. The average molecular weight is 144 g/mol. The lowest BCUT2D eigenvalue weighted by molar-refractivity contribution is -0.117. The third kappa shape index (κ3) is 2.73. The lowest BCUT2D eigenvalue weighted by Crippen LogP contribution is -2.28. The van der Waals surface area contributed by atoms with E-state index in [2.05, 4.69) is 0 Å². The summed E-state index contributed by atoms with van der Waals surface area (Å²) < 4.78 is 0. The van der Waals surface area contributed by atoms with Crippen LogP contribution in [0.4, 0.5) is 0 Å². The molecule has 0 bridgehead atoms. The quantitative estimate of drug-likeness (QED) is 0.565. The first-order valence-electron chi connectivity index (χ1n) is 3.28. The normalized spacial score (nSPS) is 11.0. The first-order chi connectivity index (χ1) is 4.68. The molecule has 0 atom stereocenters. The van der Waals surface area contributed by atoms with E-state index < -0.39 is 5.60 Å². The molecule has 0 fully saturated rings. The Morgan fingerprint density at radius 2 is 1.70 bits per heavy atom. The SMILES string of the molecule is CCC(O)(CC=O)CC=O. The van der Waals surface area contributed by atoms with Gasteiger partial charge in [-0.15, -0.1) is 0 Å². The molecular weight excluding hydrogens is 132 g/mol. The molecule has 0 aromatic carbocycles. The summed E-state index contributed by atoms with van der Waals surface area (Å²) in [6.07, 6.45) is 1.79. The van der Waals surface area contributed by atoms with E-state index in [4.69, 9.17) is 0 Å².